The molecule has 0 aliphatic carbocycles. The molecule has 0 spiro atoms. The van der Waals surface area contributed by atoms with Gasteiger partial charge >= 0.3 is 0 Å². The van der Waals surface area contributed by atoms with Crippen LogP contribution in [0.15, 0.2) is 12.4 Å². The molecule has 21 heavy (non-hydrogen) atoms. The van der Waals surface area contributed by atoms with Crippen molar-refractivity contribution in [3.8, 4) is 0 Å². The van der Waals surface area contributed by atoms with Crippen molar-refractivity contribution in [3.63, 3.8) is 0 Å². The first-order chi connectivity index (χ1) is 10.3. The Balaban J connectivity index is 1.73. The van der Waals surface area contributed by atoms with E-state index in [1.165, 1.54) is 6.20 Å². The number of anilines is 1. The summed E-state index contributed by atoms with van der Waals surface area (Å²) in [7, 11) is 1.63. The number of hydrogen-bond acceptors (Lipinski definition) is 6. The van der Waals surface area contributed by atoms with E-state index in [9.17, 15) is 4.79 Å². The standard InChI is InChI=1S/C14H22N4O3/c1-20-6-3-5-15-14(19)12-9-18-13(10-16-12)17-8-11-4-2-7-21-11/h9-11H,2-8H2,1H3,(H,15,19)(H,17,18). The van der Waals surface area contributed by atoms with Crippen LogP contribution in [0.1, 0.15) is 29.8 Å². The molecule has 7 nitrogen and oxygen atoms in total. The molecule has 0 radical (unpaired) electrons. The smallest absolute Gasteiger partial charge is 0.271 e. The van der Waals surface area contributed by atoms with Crippen LogP contribution in [0.3, 0.4) is 0 Å². The number of nitrogens with one attached hydrogen (secondary N) is 2. The van der Waals surface area contributed by atoms with E-state index in [1.807, 2.05) is 0 Å². The molecule has 2 N–H and O–H groups in total. The van der Waals surface area contributed by atoms with E-state index in [-0.39, 0.29) is 12.0 Å². The minimum Gasteiger partial charge on any atom is -0.385 e. The van der Waals surface area contributed by atoms with Gasteiger partial charge in [-0.25, -0.2) is 9.97 Å². The largest absolute Gasteiger partial charge is 0.385 e. The zero-order chi connectivity index (χ0) is 14.9. The fourth-order valence-corrected chi connectivity index (χ4v) is 2.07. The van der Waals surface area contributed by atoms with Gasteiger partial charge in [-0.1, -0.05) is 0 Å². The van der Waals surface area contributed by atoms with Gasteiger partial charge in [0.15, 0.2) is 0 Å². The number of rotatable bonds is 8. The molecule has 2 rings (SSSR count). The van der Waals surface area contributed by atoms with Gasteiger partial charge in [-0.2, -0.15) is 0 Å². The fourth-order valence-electron chi connectivity index (χ4n) is 2.07. The minimum absolute atomic E-state index is 0.218. The summed E-state index contributed by atoms with van der Waals surface area (Å²) in [5, 5.41) is 5.93. The lowest BCUT2D eigenvalue weighted by atomic mass is 10.2. The van der Waals surface area contributed by atoms with E-state index in [2.05, 4.69) is 20.6 Å². The van der Waals surface area contributed by atoms with Gasteiger partial charge in [0, 0.05) is 33.4 Å². The molecule has 0 bridgehead atoms. The number of methoxy groups -OCH3 is 1. The summed E-state index contributed by atoms with van der Waals surface area (Å²) in [4.78, 5) is 20.1. The molecule has 1 aromatic rings. The molecule has 1 aromatic heterocycles. The SMILES string of the molecule is COCCCNC(=O)c1cnc(NCC2CCCO2)cn1. The number of nitrogens with zero attached hydrogens (tertiary/aromatic N) is 2. The number of amides is 1. The maximum atomic E-state index is 11.8. The molecule has 1 atom stereocenters. The lowest BCUT2D eigenvalue weighted by Crippen LogP contribution is -2.26. The van der Waals surface area contributed by atoms with E-state index >= 15 is 0 Å². The number of aromatic nitrogens is 2. The van der Waals surface area contributed by atoms with Gasteiger partial charge < -0.3 is 20.1 Å². The van der Waals surface area contributed by atoms with Crippen LogP contribution in [0.4, 0.5) is 5.82 Å². The van der Waals surface area contributed by atoms with Gasteiger partial charge in [0.2, 0.25) is 0 Å². The summed E-state index contributed by atoms with van der Waals surface area (Å²) < 4.78 is 10.4. The number of hydrogen-bond donors (Lipinski definition) is 2. The van der Waals surface area contributed by atoms with Crippen molar-refractivity contribution in [2.24, 2.45) is 0 Å². The monoisotopic (exact) mass is 294 g/mol. The summed E-state index contributed by atoms with van der Waals surface area (Å²) in [6.45, 7) is 2.74. The topological polar surface area (TPSA) is 85.4 Å². The molecule has 1 unspecified atom stereocenters. The summed E-state index contributed by atoms with van der Waals surface area (Å²) >= 11 is 0. The van der Waals surface area contributed by atoms with E-state index < -0.39 is 0 Å². The van der Waals surface area contributed by atoms with E-state index in [1.54, 1.807) is 13.3 Å². The molecular weight excluding hydrogens is 272 g/mol. The Hall–Kier alpha value is -1.73. The van der Waals surface area contributed by atoms with E-state index in [4.69, 9.17) is 9.47 Å². The Morgan fingerprint density at radius 2 is 2.38 bits per heavy atom. The Kier molecular flexibility index (Phi) is 6.36. The molecule has 7 heteroatoms. The van der Waals surface area contributed by atoms with E-state index in [0.29, 0.717) is 24.7 Å². The van der Waals surface area contributed by atoms with Crippen molar-refractivity contribution in [2.75, 3.05) is 38.7 Å². The lowest BCUT2D eigenvalue weighted by Gasteiger charge is -2.11. The van der Waals surface area contributed by atoms with Crippen LogP contribution in [-0.2, 0) is 9.47 Å². The summed E-state index contributed by atoms with van der Waals surface area (Å²) in [6.07, 6.45) is 6.25. The maximum Gasteiger partial charge on any atom is 0.271 e. The average Bonchev–Trinajstić information content (AvgIpc) is 3.03. The van der Waals surface area contributed by atoms with Gasteiger partial charge in [0.05, 0.1) is 18.5 Å². The second-order valence-corrected chi connectivity index (χ2v) is 4.91. The normalized spacial score (nSPS) is 17.7. The van der Waals surface area contributed by atoms with Crippen molar-refractivity contribution in [1.82, 2.24) is 15.3 Å². The van der Waals surface area contributed by atoms with E-state index in [0.717, 1.165) is 32.4 Å². The van der Waals surface area contributed by atoms with Gasteiger partial charge in [0.25, 0.3) is 5.91 Å². The molecule has 1 fully saturated rings. The number of ether oxygens (including phenoxy) is 2. The van der Waals surface area contributed by atoms with Crippen LogP contribution in [0.5, 0.6) is 0 Å². The van der Waals surface area contributed by atoms with Crippen LogP contribution in [-0.4, -0.2) is 55.4 Å². The first-order valence-corrected chi connectivity index (χ1v) is 7.24. The lowest BCUT2D eigenvalue weighted by molar-refractivity contribution is 0.0943. The third-order valence-corrected chi connectivity index (χ3v) is 3.23. The van der Waals surface area contributed by atoms with Gasteiger partial charge in [-0.3, -0.25) is 4.79 Å². The summed E-state index contributed by atoms with van der Waals surface area (Å²) in [5.74, 6) is 0.436. The predicted molar refractivity (Wildman–Crippen MR) is 78.3 cm³/mol. The number of carbonyl (C=O) groups is 1. The Bertz CT molecular complexity index is 432. The quantitative estimate of drug-likeness (QED) is 0.691. The highest BCUT2D eigenvalue weighted by Crippen LogP contribution is 2.12. The molecule has 1 saturated heterocycles. The van der Waals surface area contributed by atoms with Crippen LogP contribution in [0, 0.1) is 0 Å². The van der Waals surface area contributed by atoms with Gasteiger partial charge in [0.1, 0.15) is 11.5 Å². The zero-order valence-electron chi connectivity index (χ0n) is 12.3. The Labute approximate surface area is 124 Å². The summed E-state index contributed by atoms with van der Waals surface area (Å²) in [6, 6.07) is 0. The number of carbonyl (C=O) groups excluding carboxylic acids is 1. The van der Waals surface area contributed by atoms with Crippen LogP contribution in [0.2, 0.25) is 0 Å². The predicted octanol–water partition coefficient (Wildman–Crippen LogP) is 0.834. The minimum atomic E-state index is -0.218. The second-order valence-electron chi connectivity index (χ2n) is 4.91. The molecule has 0 aromatic carbocycles. The highest BCUT2D eigenvalue weighted by Gasteiger charge is 2.15. The second kappa shape index (κ2) is 8.53. The third-order valence-electron chi connectivity index (χ3n) is 3.23. The average molecular weight is 294 g/mol. The Morgan fingerprint density at radius 3 is 3.05 bits per heavy atom. The fraction of sp³-hybridized carbons (Fsp3) is 0.643. The van der Waals surface area contributed by atoms with Crippen molar-refractivity contribution < 1.29 is 14.3 Å². The zero-order valence-corrected chi connectivity index (χ0v) is 12.3. The van der Waals surface area contributed by atoms with Crippen molar-refractivity contribution in [2.45, 2.75) is 25.4 Å². The first kappa shape index (κ1) is 15.7. The Morgan fingerprint density at radius 1 is 1.48 bits per heavy atom. The molecule has 116 valence electrons. The van der Waals surface area contributed by atoms with Gasteiger partial charge in [-0.15, -0.1) is 0 Å². The van der Waals surface area contributed by atoms with Crippen molar-refractivity contribution in [3.05, 3.63) is 18.1 Å². The molecule has 0 saturated carbocycles. The molecular formula is C14H22N4O3. The molecule has 1 amide bonds. The molecule has 1 aliphatic rings. The molecule has 1 aliphatic heterocycles. The first-order valence-electron chi connectivity index (χ1n) is 7.24. The van der Waals surface area contributed by atoms with Crippen LogP contribution >= 0.6 is 0 Å². The van der Waals surface area contributed by atoms with Gasteiger partial charge in [-0.05, 0) is 19.3 Å². The van der Waals surface area contributed by atoms with Crippen LogP contribution in [0.25, 0.3) is 0 Å². The third kappa shape index (κ3) is 5.28. The maximum absolute atomic E-state index is 11.8. The highest BCUT2D eigenvalue weighted by atomic mass is 16.5. The highest BCUT2D eigenvalue weighted by molar-refractivity contribution is 5.91. The summed E-state index contributed by atoms with van der Waals surface area (Å²) in [5.41, 5.74) is 0.315. The van der Waals surface area contributed by atoms with Crippen LogP contribution < -0.4 is 10.6 Å². The van der Waals surface area contributed by atoms with Crippen molar-refractivity contribution in [1.29, 1.82) is 0 Å². The molecule has 2 heterocycles. The van der Waals surface area contributed by atoms with Crippen molar-refractivity contribution >= 4 is 11.7 Å².